The fourth-order valence-electron chi connectivity index (χ4n) is 2.25. The van der Waals surface area contributed by atoms with Gasteiger partial charge in [0.2, 0.25) is 5.91 Å². The largest absolute Gasteiger partial charge is 0.486 e. The first kappa shape index (κ1) is 17.0. The maximum absolute atomic E-state index is 12.1. The summed E-state index contributed by atoms with van der Waals surface area (Å²) in [6.45, 7) is 0.936. The molecule has 1 aliphatic heterocycles. The molecule has 1 aliphatic rings. The Hall–Kier alpha value is -2.87. The number of benzene rings is 2. The van der Waals surface area contributed by atoms with Crippen LogP contribution in [-0.2, 0) is 4.79 Å². The van der Waals surface area contributed by atoms with Gasteiger partial charge in [-0.15, -0.1) is 0 Å². The summed E-state index contributed by atoms with van der Waals surface area (Å²) in [5.41, 5.74) is 1.07. The first-order valence-electron chi connectivity index (χ1n) is 7.35. The summed E-state index contributed by atoms with van der Waals surface area (Å²) < 4.78 is 11.6. The molecular formula is C17H13BrN2O5. The van der Waals surface area contributed by atoms with Gasteiger partial charge in [-0.25, -0.2) is 0 Å². The first-order valence-corrected chi connectivity index (χ1v) is 8.15. The van der Waals surface area contributed by atoms with Crippen molar-refractivity contribution in [2.24, 2.45) is 0 Å². The van der Waals surface area contributed by atoms with Gasteiger partial charge < -0.3 is 14.8 Å². The van der Waals surface area contributed by atoms with Crippen LogP contribution in [-0.4, -0.2) is 24.0 Å². The molecule has 0 saturated carbocycles. The van der Waals surface area contributed by atoms with Gasteiger partial charge in [-0.2, -0.15) is 0 Å². The number of nitrogens with zero attached hydrogens (tertiary/aromatic N) is 1. The Morgan fingerprint density at radius 1 is 1.20 bits per heavy atom. The molecule has 7 nitrogen and oxygen atoms in total. The second-order valence-electron chi connectivity index (χ2n) is 5.15. The summed E-state index contributed by atoms with van der Waals surface area (Å²) in [6, 6.07) is 9.43. The van der Waals surface area contributed by atoms with Crippen LogP contribution in [0.3, 0.4) is 0 Å². The van der Waals surface area contributed by atoms with Gasteiger partial charge in [0.1, 0.15) is 13.2 Å². The van der Waals surface area contributed by atoms with Gasteiger partial charge in [0.25, 0.3) is 5.69 Å². The SMILES string of the molecule is O=C(C=Cc1cccc([N+](=O)[O-])c1)Nc1cc2c(cc1Br)OCCO2. The van der Waals surface area contributed by atoms with E-state index in [1.165, 1.54) is 24.3 Å². The summed E-state index contributed by atoms with van der Waals surface area (Å²) in [6.07, 6.45) is 2.82. The summed E-state index contributed by atoms with van der Waals surface area (Å²) in [5.74, 6) is 0.805. The number of carbonyl (C=O) groups excluding carboxylic acids is 1. The van der Waals surface area contributed by atoms with Gasteiger partial charge in [0.15, 0.2) is 11.5 Å². The highest BCUT2D eigenvalue weighted by Gasteiger charge is 2.15. The Bertz CT molecular complexity index is 866. The topological polar surface area (TPSA) is 90.7 Å². The minimum atomic E-state index is -0.482. The van der Waals surface area contributed by atoms with Crippen LogP contribution in [0, 0.1) is 10.1 Å². The molecule has 0 bridgehead atoms. The van der Waals surface area contributed by atoms with Crippen molar-refractivity contribution >= 4 is 39.3 Å². The number of hydrogen-bond acceptors (Lipinski definition) is 5. The molecule has 2 aromatic rings. The number of carbonyl (C=O) groups is 1. The minimum absolute atomic E-state index is 0.0304. The van der Waals surface area contributed by atoms with Gasteiger partial charge in [-0.1, -0.05) is 12.1 Å². The van der Waals surface area contributed by atoms with E-state index in [-0.39, 0.29) is 11.6 Å². The Kier molecular flexibility index (Phi) is 4.99. The quantitative estimate of drug-likeness (QED) is 0.475. The van der Waals surface area contributed by atoms with Gasteiger partial charge >= 0.3 is 0 Å². The van der Waals surface area contributed by atoms with E-state index in [9.17, 15) is 14.9 Å². The number of nitrogens with one attached hydrogen (secondary N) is 1. The number of hydrogen-bond donors (Lipinski definition) is 1. The Morgan fingerprint density at radius 2 is 1.92 bits per heavy atom. The first-order chi connectivity index (χ1) is 12.0. The summed E-state index contributed by atoms with van der Waals surface area (Å²) in [5, 5.41) is 13.5. The Morgan fingerprint density at radius 3 is 2.64 bits per heavy atom. The molecule has 1 heterocycles. The van der Waals surface area contributed by atoms with Crippen LogP contribution in [0.25, 0.3) is 6.08 Å². The van der Waals surface area contributed by atoms with E-state index in [0.717, 1.165) is 0 Å². The van der Waals surface area contributed by atoms with E-state index in [2.05, 4.69) is 21.2 Å². The van der Waals surface area contributed by atoms with Crippen molar-refractivity contribution in [2.75, 3.05) is 18.5 Å². The van der Waals surface area contributed by atoms with Gasteiger partial charge in [0, 0.05) is 34.8 Å². The number of fused-ring (bicyclic) bond motifs is 1. The number of anilines is 1. The number of amides is 1. The van der Waals surface area contributed by atoms with E-state index in [1.807, 2.05) is 0 Å². The lowest BCUT2D eigenvalue weighted by Crippen LogP contribution is -2.16. The molecular weight excluding hydrogens is 392 g/mol. The lowest BCUT2D eigenvalue weighted by Gasteiger charge is -2.19. The number of nitro benzene ring substituents is 1. The molecule has 0 atom stereocenters. The third-order valence-corrected chi connectivity index (χ3v) is 4.05. The smallest absolute Gasteiger partial charge is 0.270 e. The third-order valence-electron chi connectivity index (χ3n) is 3.40. The zero-order valence-corrected chi connectivity index (χ0v) is 14.5. The number of non-ortho nitro benzene ring substituents is 1. The maximum atomic E-state index is 12.1. The number of halogens is 1. The lowest BCUT2D eigenvalue weighted by molar-refractivity contribution is -0.384. The predicted octanol–water partition coefficient (Wildman–Crippen LogP) is 3.78. The highest BCUT2D eigenvalue weighted by atomic mass is 79.9. The molecule has 0 fully saturated rings. The molecule has 8 heteroatoms. The lowest BCUT2D eigenvalue weighted by atomic mass is 10.2. The molecule has 25 heavy (non-hydrogen) atoms. The fraction of sp³-hybridized carbons (Fsp3) is 0.118. The average Bonchev–Trinajstić information content (AvgIpc) is 2.61. The maximum Gasteiger partial charge on any atom is 0.270 e. The molecule has 0 aliphatic carbocycles. The van der Waals surface area contributed by atoms with Crippen LogP contribution in [0.5, 0.6) is 11.5 Å². The molecule has 3 rings (SSSR count). The number of rotatable bonds is 4. The zero-order chi connectivity index (χ0) is 17.8. The minimum Gasteiger partial charge on any atom is -0.486 e. The highest BCUT2D eigenvalue weighted by Crippen LogP contribution is 2.38. The molecule has 0 radical (unpaired) electrons. The molecule has 128 valence electrons. The van der Waals surface area contributed by atoms with Crippen LogP contribution in [0.4, 0.5) is 11.4 Å². The van der Waals surface area contributed by atoms with Gasteiger partial charge in [0.05, 0.1) is 10.6 Å². The van der Waals surface area contributed by atoms with E-state index < -0.39 is 4.92 Å². The molecule has 0 aromatic heterocycles. The predicted molar refractivity (Wildman–Crippen MR) is 95.9 cm³/mol. The second-order valence-corrected chi connectivity index (χ2v) is 6.00. The number of ether oxygens (including phenoxy) is 2. The fourth-order valence-corrected chi connectivity index (χ4v) is 2.67. The third kappa shape index (κ3) is 4.16. The Labute approximate surface area is 151 Å². The van der Waals surface area contributed by atoms with Crippen molar-refractivity contribution in [3.8, 4) is 11.5 Å². The monoisotopic (exact) mass is 404 g/mol. The van der Waals surface area contributed by atoms with Crippen LogP contribution in [0.2, 0.25) is 0 Å². The molecule has 0 saturated heterocycles. The molecule has 0 unspecified atom stereocenters. The number of nitro groups is 1. The van der Waals surface area contributed by atoms with Gasteiger partial charge in [-0.05, 0) is 27.6 Å². The summed E-state index contributed by atoms with van der Waals surface area (Å²) in [4.78, 5) is 22.4. The van der Waals surface area contributed by atoms with Crippen molar-refractivity contribution in [1.82, 2.24) is 0 Å². The van der Waals surface area contributed by atoms with E-state index in [1.54, 1.807) is 24.3 Å². The summed E-state index contributed by atoms with van der Waals surface area (Å²) in [7, 11) is 0. The van der Waals surface area contributed by atoms with Crippen LogP contribution >= 0.6 is 15.9 Å². The average molecular weight is 405 g/mol. The summed E-state index contributed by atoms with van der Waals surface area (Å²) >= 11 is 3.38. The second kappa shape index (κ2) is 7.35. The van der Waals surface area contributed by atoms with Crippen molar-refractivity contribution in [2.45, 2.75) is 0 Å². The standard InChI is InChI=1S/C17H13BrN2O5/c18-13-9-15-16(25-7-6-24-15)10-14(13)19-17(21)5-4-11-2-1-3-12(8-11)20(22)23/h1-5,8-10H,6-7H2,(H,19,21). The van der Waals surface area contributed by atoms with Crippen LogP contribution < -0.4 is 14.8 Å². The molecule has 1 amide bonds. The van der Waals surface area contributed by atoms with Crippen molar-refractivity contribution in [1.29, 1.82) is 0 Å². The highest BCUT2D eigenvalue weighted by molar-refractivity contribution is 9.10. The van der Waals surface area contributed by atoms with E-state index in [4.69, 9.17) is 9.47 Å². The van der Waals surface area contributed by atoms with E-state index >= 15 is 0 Å². The van der Waals surface area contributed by atoms with Crippen molar-refractivity contribution < 1.29 is 19.2 Å². The van der Waals surface area contributed by atoms with Crippen LogP contribution in [0.15, 0.2) is 46.9 Å². The normalized spacial score (nSPS) is 12.8. The Balaban J connectivity index is 1.72. The van der Waals surface area contributed by atoms with E-state index in [0.29, 0.717) is 40.4 Å². The zero-order valence-electron chi connectivity index (χ0n) is 12.9. The molecule has 0 spiro atoms. The van der Waals surface area contributed by atoms with Crippen molar-refractivity contribution in [3.63, 3.8) is 0 Å². The molecule has 2 aromatic carbocycles. The van der Waals surface area contributed by atoms with Crippen molar-refractivity contribution in [3.05, 3.63) is 62.6 Å². The molecule has 1 N–H and O–H groups in total. The van der Waals surface area contributed by atoms with Crippen LogP contribution in [0.1, 0.15) is 5.56 Å². The van der Waals surface area contributed by atoms with Gasteiger partial charge in [-0.3, -0.25) is 14.9 Å².